The van der Waals surface area contributed by atoms with Crippen LogP contribution in [-0.4, -0.2) is 91.9 Å². The Morgan fingerprint density at radius 3 is 2.54 bits per heavy atom. The van der Waals surface area contributed by atoms with Crippen LogP contribution in [0.2, 0.25) is 0 Å². The average Bonchev–Trinajstić information content (AvgIpc) is 3.40. The van der Waals surface area contributed by atoms with Crippen molar-refractivity contribution in [2.75, 3.05) is 38.1 Å². The summed E-state index contributed by atoms with van der Waals surface area (Å²) in [7, 11) is -2.33. The van der Waals surface area contributed by atoms with Gasteiger partial charge in [0.05, 0.1) is 36.8 Å². The van der Waals surface area contributed by atoms with Gasteiger partial charge in [-0.25, -0.2) is 8.42 Å². The number of ether oxygens (including phenoxy) is 2. The summed E-state index contributed by atoms with van der Waals surface area (Å²) in [6.07, 6.45) is 1.93. The molecule has 4 atom stereocenters. The second kappa shape index (κ2) is 16.4. The highest BCUT2D eigenvalue weighted by atomic mass is 32.2. The fraction of sp³-hybridized carbons (Fsp3) is 0.514. The van der Waals surface area contributed by atoms with E-state index in [0.717, 1.165) is 18.4 Å². The second-order valence-electron chi connectivity index (χ2n) is 12.7. The molecule has 1 aliphatic rings. The Labute approximate surface area is 283 Å². The molecule has 0 aliphatic carbocycles. The van der Waals surface area contributed by atoms with Crippen LogP contribution in [0.1, 0.15) is 67.4 Å². The van der Waals surface area contributed by atoms with E-state index < -0.39 is 22.0 Å². The highest BCUT2D eigenvalue weighted by molar-refractivity contribution is 7.92. The number of nitrogens with one attached hydrogen (secondary N) is 1. The lowest BCUT2D eigenvalue weighted by atomic mass is 10.0. The van der Waals surface area contributed by atoms with E-state index in [9.17, 15) is 23.1 Å². The van der Waals surface area contributed by atoms with Gasteiger partial charge in [0.2, 0.25) is 5.91 Å². The number of aliphatic hydroxyl groups excluding tert-OH is 1. The molecule has 12 nitrogen and oxygen atoms in total. The van der Waals surface area contributed by atoms with E-state index in [1.54, 1.807) is 35.9 Å². The minimum absolute atomic E-state index is 0.0421. The number of nitrogens with zero attached hydrogens (tertiary/aromatic N) is 3. The zero-order chi connectivity index (χ0) is 35.0. The number of hydrogen-bond acceptors (Lipinski definition) is 9. The minimum Gasteiger partial charge on any atom is -0.490 e. The molecule has 0 fully saturated rings. The van der Waals surface area contributed by atoms with Crippen molar-refractivity contribution >= 4 is 27.5 Å². The van der Waals surface area contributed by atoms with Crippen LogP contribution in [0.5, 0.6) is 5.75 Å². The number of fused-ring (bicyclic) bond motifs is 1. The van der Waals surface area contributed by atoms with E-state index in [1.165, 1.54) is 19.9 Å². The molecule has 0 unspecified atom stereocenters. The van der Waals surface area contributed by atoms with Crippen LogP contribution in [0.3, 0.4) is 0 Å². The Hall–Kier alpha value is -3.94. The van der Waals surface area contributed by atoms with Crippen molar-refractivity contribution in [3.63, 3.8) is 0 Å². The SMILES string of the molecule is Cc1noc(C)c1S(=O)(=O)Nc1ccc2c(c1)C(=O)N([C@@H](C)CO)C[C@@H](C)[C@H](CN(C)C(=O)Cc1ccccc1)OCCCC[C@H](C)O2. The smallest absolute Gasteiger partial charge is 0.267 e. The predicted octanol–water partition coefficient (Wildman–Crippen LogP) is 4.59. The lowest BCUT2D eigenvalue weighted by molar-refractivity contribution is -0.131. The molecule has 262 valence electrons. The van der Waals surface area contributed by atoms with E-state index in [2.05, 4.69) is 9.88 Å². The molecule has 2 N–H and O–H groups in total. The first-order valence-electron chi connectivity index (χ1n) is 16.4. The molecule has 4 rings (SSSR count). The average molecular weight is 685 g/mol. The largest absolute Gasteiger partial charge is 0.490 e. The van der Waals surface area contributed by atoms with Gasteiger partial charge in [-0.1, -0.05) is 42.4 Å². The third-order valence-corrected chi connectivity index (χ3v) is 10.2. The van der Waals surface area contributed by atoms with Crippen LogP contribution in [0.4, 0.5) is 5.69 Å². The van der Waals surface area contributed by atoms with E-state index in [4.69, 9.17) is 14.0 Å². The number of carbonyl (C=O) groups is 2. The molecule has 3 aromatic rings. The first kappa shape index (κ1) is 36.9. The summed E-state index contributed by atoms with van der Waals surface area (Å²) < 4.78 is 46.9. The van der Waals surface area contributed by atoms with E-state index in [0.29, 0.717) is 25.3 Å². The number of amides is 2. The maximum atomic E-state index is 14.4. The van der Waals surface area contributed by atoms with Gasteiger partial charge in [0, 0.05) is 38.3 Å². The van der Waals surface area contributed by atoms with Gasteiger partial charge >= 0.3 is 0 Å². The zero-order valence-electron chi connectivity index (χ0n) is 28.6. The summed E-state index contributed by atoms with van der Waals surface area (Å²) >= 11 is 0. The Balaban J connectivity index is 1.64. The summed E-state index contributed by atoms with van der Waals surface area (Å²) in [5, 5.41) is 14.0. The van der Waals surface area contributed by atoms with Crippen LogP contribution < -0.4 is 9.46 Å². The quantitative estimate of drug-likeness (QED) is 0.330. The minimum atomic E-state index is -4.08. The number of benzene rings is 2. The maximum Gasteiger partial charge on any atom is 0.267 e. The standard InChI is InChI=1S/C35H48N4O8S/c1-23-20-39(24(2)22-40)35(42)30-19-29(37-48(43,44)34-26(4)36-47-27(34)5)15-16-31(30)46-25(3)12-10-11-17-45-32(23)21-38(6)33(41)18-28-13-8-7-9-14-28/h7-9,13-16,19,23-25,32,37,40H,10-12,17-18,20-22H2,1-6H3/t23-,24+,25+,32+/m1/s1. The number of aryl methyl sites for hydroxylation is 2. The number of sulfonamides is 1. The molecule has 1 aromatic heterocycles. The van der Waals surface area contributed by atoms with Gasteiger partial charge < -0.3 is 28.9 Å². The lowest BCUT2D eigenvalue weighted by Crippen LogP contribution is -2.48. The Bertz CT molecular complexity index is 1630. The first-order valence-corrected chi connectivity index (χ1v) is 17.9. The van der Waals surface area contributed by atoms with Crippen LogP contribution in [0, 0.1) is 19.8 Å². The molecule has 48 heavy (non-hydrogen) atoms. The first-order chi connectivity index (χ1) is 22.8. The Kier molecular flexibility index (Phi) is 12.6. The third-order valence-electron chi connectivity index (χ3n) is 8.62. The van der Waals surface area contributed by atoms with Crippen molar-refractivity contribution in [2.24, 2.45) is 5.92 Å². The summed E-state index contributed by atoms with van der Waals surface area (Å²) in [5.74, 6) is -0.255. The fourth-order valence-corrected chi connectivity index (χ4v) is 7.17. The summed E-state index contributed by atoms with van der Waals surface area (Å²) in [5.41, 5.74) is 1.45. The van der Waals surface area contributed by atoms with Crippen LogP contribution in [0.25, 0.3) is 0 Å². The molecule has 2 aromatic carbocycles. The van der Waals surface area contributed by atoms with Gasteiger partial charge in [0.1, 0.15) is 11.4 Å². The van der Waals surface area contributed by atoms with Crippen molar-refractivity contribution in [1.82, 2.24) is 15.0 Å². The van der Waals surface area contributed by atoms with E-state index in [-0.39, 0.29) is 71.2 Å². The Morgan fingerprint density at radius 2 is 1.88 bits per heavy atom. The van der Waals surface area contributed by atoms with Gasteiger partial charge in [-0.15, -0.1) is 0 Å². The second-order valence-corrected chi connectivity index (χ2v) is 14.3. The molecule has 2 amide bonds. The number of aliphatic hydroxyl groups is 1. The number of likely N-dealkylation sites (N-methyl/N-ethyl adjacent to an activating group) is 1. The number of rotatable bonds is 9. The molecular formula is C35H48N4O8S. The highest BCUT2D eigenvalue weighted by Gasteiger charge is 2.32. The van der Waals surface area contributed by atoms with Crippen molar-refractivity contribution in [2.45, 2.75) is 83.4 Å². The number of aromatic nitrogens is 1. The topological polar surface area (TPSA) is 152 Å². The lowest BCUT2D eigenvalue weighted by Gasteiger charge is -2.36. The van der Waals surface area contributed by atoms with Gasteiger partial charge in [-0.3, -0.25) is 14.3 Å². The number of hydrogen-bond donors (Lipinski definition) is 2. The number of carbonyl (C=O) groups excluding carboxylic acids is 2. The molecule has 0 spiro atoms. The van der Waals surface area contributed by atoms with Gasteiger partial charge in [-0.05, 0) is 70.7 Å². The van der Waals surface area contributed by atoms with Gasteiger partial charge in [0.15, 0.2) is 10.7 Å². The van der Waals surface area contributed by atoms with Crippen LogP contribution >= 0.6 is 0 Å². The van der Waals surface area contributed by atoms with Crippen molar-refractivity contribution in [3.8, 4) is 5.75 Å². The number of anilines is 1. The monoisotopic (exact) mass is 684 g/mol. The van der Waals surface area contributed by atoms with Crippen LogP contribution in [0.15, 0.2) is 57.9 Å². The van der Waals surface area contributed by atoms with Crippen molar-refractivity contribution < 1.29 is 37.1 Å². The van der Waals surface area contributed by atoms with Gasteiger partial charge in [-0.2, -0.15) is 0 Å². The van der Waals surface area contributed by atoms with Gasteiger partial charge in [0.25, 0.3) is 15.9 Å². The molecular weight excluding hydrogens is 636 g/mol. The van der Waals surface area contributed by atoms with E-state index >= 15 is 0 Å². The summed E-state index contributed by atoms with van der Waals surface area (Å²) in [6.45, 7) is 9.39. The molecule has 0 radical (unpaired) electrons. The maximum absolute atomic E-state index is 14.4. The molecule has 0 saturated carbocycles. The third kappa shape index (κ3) is 9.36. The summed E-state index contributed by atoms with van der Waals surface area (Å²) in [6, 6.07) is 13.6. The molecule has 0 saturated heterocycles. The molecule has 0 bridgehead atoms. The molecule has 2 heterocycles. The van der Waals surface area contributed by atoms with Crippen LogP contribution in [-0.2, 0) is 26.0 Å². The highest BCUT2D eigenvalue weighted by Crippen LogP contribution is 2.30. The molecule has 13 heteroatoms. The summed E-state index contributed by atoms with van der Waals surface area (Å²) in [4.78, 5) is 30.7. The molecule has 1 aliphatic heterocycles. The van der Waals surface area contributed by atoms with Crippen molar-refractivity contribution in [1.29, 1.82) is 0 Å². The fourth-order valence-electron chi connectivity index (χ4n) is 5.79. The van der Waals surface area contributed by atoms with E-state index in [1.807, 2.05) is 44.2 Å². The predicted molar refractivity (Wildman–Crippen MR) is 181 cm³/mol. The van der Waals surface area contributed by atoms with Crippen molar-refractivity contribution in [3.05, 3.63) is 71.1 Å². The normalized spacial score (nSPS) is 20.3. The zero-order valence-corrected chi connectivity index (χ0v) is 29.5. The Morgan fingerprint density at radius 1 is 1.15 bits per heavy atom.